The molecule has 0 saturated heterocycles. The molecule has 3 aromatic rings. The van der Waals surface area contributed by atoms with Gasteiger partial charge in [-0.1, -0.05) is 6.07 Å². The topological polar surface area (TPSA) is 74.8 Å². The fraction of sp³-hybridized carbons (Fsp3) is 0.133. The second-order valence-corrected chi connectivity index (χ2v) is 6.83. The van der Waals surface area contributed by atoms with Gasteiger partial charge in [0.1, 0.15) is 5.65 Å². The van der Waals surface area contributed by atoms with Crippen molar-refractivity contribution >= 4 is 21.1 Å². The van der Waals surface area contributed by atoms with Crippen LogP contribution in [0.5, 0.6) is 0 Å². The third-order valence-electron chi connectivity index (χ3n) is 3.46. The molecule has 0 atom stereocenters. The Hall–Kier alpha value is -2.39. The first-order chi connectivity index (χ1) is 11.3. The third kappa shape index (κ3) is 3.26. The molecule has 0 amide bonds. The average Bonchev–Trinajstić information content (AvgIpc) is 2.96. The van der Waals surface area contributed by atoms with Crippen LogP contribution in [0.4, 0.5) is 13.2 Å². The lowest BCUT2D eigenvalue weighted by atomic mass is 10.2. The lowest BCUT2D eigenvalue weighted by Crippen LogP contribution is -2.23. The fourth-order valence-corrected chi connectivity index (χ4v) is 3.31. The first-order valence-corrected chi connectivity index (χ1v) is 8.33. The summed E-state index contributed by atoms with van der Waals surface area (Å²) in [5.41, 5.74) is 0.237. The summed E-state index contributed by atoms with van der Waals surface area (Å²) >= 11 is 0. The lowest BCUT2D eigenvalue weighted by molar-refractivity contribution is -0.137. The minimum Gasteiger partial charge on any atom is -0.346 e. The second-order valence-electron chi connectivity index (χ2n) is 5.06. The number of alkyl halides is 3. The van der Waals surface area contributed by atoms with E-state index in [2.05, 4.69) is 14.7 Å². The van der Waals surface area contributed by atoms with Crippen LogP contribution in [0.15, 0.2) is 53.7 Å². The van der Waals surface area contributed by atoms with E-state index in [9.17, 15) is 21.6 Å². The van der Waals surface area contributed by atoms with Gasteiger partial charge in [-0.3, -0.25) is 0 Å². The molecule has 0 radical (unpaired) electrons. The third-order valence-corrected chi connectivity index (χ3v) is 4.86. The molecule has 0 unspecified atom stereocenters. The number of H-pyrrole nitrogens is 1. The molecule has 1 aromatic carbocycles. The van der Waals surface area contributed by atoms with E-state index in [4.69, 9.17) is 0 Å². The van der Waals surface area contributed by atoms with E-state index in [1.54, 1.807) is 24.5 Å². The molecule has 0 aliphatic carbocycles. The molecular weight excluding hydrogens is 343 g/mol. The predicted octanol–water partition coefficient (Wildman–Crippen LogP) is 3.06. The van der Waals surface area contributed by atoms with Crippen molar-refractivity contribution in [3.63, 3.8) is 0 Å². The smallest absolute Gasteiger partial charge is 0.346 e. The van der Waals surface area contributed by atoms with Crippen LogP contribution in [-0.4, -0.2) is 18.4 Å². The van der Waals surface area contributed by atoms with E-state index in [-0.39, 0.29) is 6.54 Å². The van der Waals surface area contributed by atoms with Crippen molar-refractivity contribution in [1.82, 2.24) is 14.7 Å². The molecular formula is C15H12F3N3O2S. The number of sulfonamides is 1. The van der Waals surface area contributed by atoms with Gasteiger partial charge in [-0.25, -0.2) is 18.1 Å². The van der Waals surface area contributed by atoms with Crippen molar-refractivity contribution in [2.75, 3.05) is 0 Å². The Morgan fingerprint density at radius 2 is 1.96 bits per heavy atom. The van der Waals surface area contributed by atoms with Crippen LogP contribution in [0.1, 0.15) is 11.1 Å². The zero-order chi connectivity index (χ0) is 17.4. The fourth-order valence-electron chi connectivity index (χ4n) is 2.25. The molecule has 0 spiro atoms. The van der Waals surface area contributed by atoms with Crippen LogP contribution in [-0.2, 0) is 22.7 Å². The number of aromatic nitrogens is 2. The summed E-state index contributed by atoms with van der Waals surface area (Å²) < 4.78 is 64.9. The van der Waals surface area contributed by atoms with Gasteiger partial charge in [-0.05, 0) is 35.9 Å². The Labute approximate surface area is 135 Å². The number of nitrogens with one attached hydrogen (secondary N) is 2. The van der Waals surface area contributed by atoms with Gasteiger partial charge in [0.05, 0.1) is 10.5 Å². The molecule has 9 heteroatoms. The first-order valence-electron chi connectivity index (χ1n) is 6.85. The van der Waals surface area contributed by atoms with Gasteiger partial charge in [-0.15, -0.1) is 0 Å². The van der Waals surface area contributed by atoms with E-state index in [1.165, 1.54) is 0 Å². The summed E-state index contributed by atoms with van der Waals surface area (Å²) in [5.74, 6) is 0. The number of benzene rings is 1. The number of hydrogen-bond donors (Lipinski definition) is 2. The molecule has 126 valence electrons. The SMILES string of the molecule is O=S(=O)(NCc1c[nH]c2ncccc12)c1cccc(C(F)(F)F)c1. The largest absolute Gasteiger partial charge is 0.416 e. The Morgan fingerprint density at radius 1 is 1.17 bits per heavy atom. The maximum atomic E-state index is 12.7. The van der Waals surface area contributed by atoms with Gasteiger partial charge in [0.15, 0.2) is 0 Å². The molecule has 0 bridgehead atoms. The quantitative estimate of drug-likeness (QED) is 0.755. The first kappa shape index (κ1) is 16.5. The molecule has 0 aliphatic rings. The van der Waals surface area contributed by atoms with Crippen LogP contribution in [0.25, 0.3) is 11.0 Å². The zero-order valence-corrected chi connectivity index (χ0v) is 12.9. The molecule has 2 N–H and O–H groups in total. The van der Waals surface area contributed by atoms with Gasteiger partial charge in [-0.2, -0.15) is 13.2 Å². The second kappa shape index (κ2) is 5.91. The number of fused-ring (bicyclic) bond motifs is 1. The number of hydrogen-bond acceptors (Lipinski definition) is 3. The van der Waals surface area contributed by atoms with Crippen LogP contribution < -0.4 is 4.72 Å². The van der Waals surface area contributed by atoms with E-state index >= 15 is 0 Å². The van der Waals surface area contributed by atoms with E-state index in [0.29, 0.717) is 17.3 Å². The highest BCUT2D eigenvalue weighted by atomic mass is 32.2. The molecule has 0 aliphatic heterocycles. The maximum Gasteiger partial charge on any atom is 0.416 e. The highest BCUT2D eigenvalue weighted by Gasteiger charge is 2.31. The van der Waals surface area contributed by atoms with Crippen LogP contribution >= 0.6 is 0 Å². The van der Waals surface area contributed by atoms with E-state index in [0.717, 1.165) is 23.6 Å². The van der Waals surface area contributed by atoms with Gasteiger partial charge < -0.3 is 4.98 Å². The van der Waals surface area contributed by atoms with Crippen molar-refractivity contribution in [3.05, 3.63) is 59.9 Å². The number of pyridine rings is 1. The van der Waals surface area contributed by atoms with E-state index in [1.807, 2.05) is 0 Å². The minimum absolute atomic E-state index is 0.0652. The standard InChI is InChI=1S/C15H12F3N3O2S/c16-15(17,18)11-3-1-4-12(7-11)24(22,23)21-9-10-8-20-14-13(10)5-2-6-19-14/h1-8,21H,9H2,(H,19,20). The van der Waals surface area contributed by atoms with Crippen LogP contribution in [0, 0.1) is 0 Å². The summed E-state index contributed by atoms with van der Waals surface area (Å²) in [6.45, 7) is -0.0652. The molecule has 2 aromatic heterocycles. The molecule has 0 saturated carbocycles. The van der Waals surface area contributed by atoms with Crippen LogP contribution in [0.2, 0.25) is 0 Å². The molecule has 5 nitrogen and oxygen atoms in total. The summed E-state index contributed by atoms with van der Waals surface area (Å²) in [6.07, 6.45) is -1.41. The van der Waals surface area contributed by atoms with Crippen molar-refractivity contribution < 1.29 is 21.6 Å². The van der Waals surface area contributed by atoms with Crippen LogP contribution in [0.3, 0.4) is 0 Å². The molecule has 2 heterocycles. The van der Waals surface area contributed by atoms with Crippen molar-refractivity contribution in [2.45, 2.75) is 17.6 Å². The number of nitrogens with zero attached hydrogens (tertiary/aromatic N) is 1. The highest BCUT2D eigenvalue weighted by Crippen LogP contribution is 2.30. The summed E-state index contributed by atoms with van der Waals surface area (Å²) in [6, 6.07) is 7.10. The van der Waals surface area contributed by atoms with Crippen molar-refractivity contribution in [3.8, 4) is 0 Å². The predicted molar refractivity (Wildman–Crippen MR) is 81.6 cm³/mol. The summed E-state index contributed by atoms with van der Waals surface area (Å²) in [7, 11) is -4.07. The van der Waals surface area contributed by atoms with Crippen molar-refractivity contribution in [2.24, 2.45) is 0 Å². The molecule has 0 fully saturated rings. The number of halogens is 3. The Bertz CT molecular complexity index is 981. The van der Waals surface area contributed by atoms with Gasteiger partial charge in [0.25, 0.3) is 0 Å². The van der Waals surface area contributed by atoms with E-state index < -0.39 is 26.7 Å². The number of aromatic amines is 1. The highest BCUT2D eigenvalue weighted by molar-refractivity contribution is 7.89. The Balaban J connectivity index is 1.84. The zero-order valence-electron chi connectivity index (χ0n) is 12.1. The minimum atomic E-state index is -4.60. The average molecular weight is 355 g/mol. The summed E-state index contributed by atoms with van der Waals surface area (Å²) in [4.78, 5) is 6.55. The van der Waals surface area contributed by atoms with Crippen molar-refractivity contribution in [1.29, 1.82) is 0 Å². The molecule has 24 heavy (non-hydrogen) atoms. The van der Waals surface area contributed by atoms with Gasteiger partial charge in [0, 0.05) is 24.3 Å². The molecule has 3 rings (SSSR count). The number of rotatable bonds is 4. The normalized spacial score (nSPS) is 12.6. The van der Waals surface area contributed by atoms with Gasteiger partial charge in [0.2, 0.25) is 10.0 Å². The lowest BCUT2D eigenvalue weighted by Gasteiger charge is -2.10. The monoisotopic (exact) mass is 355 g/mol. The maximum absolute atomic E-state index is 12.7. The van der Waals surface area contributed by atoms with Gasteiger partial charge >= 0.3 is 6.18 Å². The summed E-state index contributed by atoms with van der Waals surface area (Å²) in [5, 5.41) is 0.740. The Kier molecular flexibility index (Phi) is 4.06. The Morgan fingerprint density at radius 3 is 2.71 bits per heavy atom.